The van der Waals surface area contributed by atoms with Crippen LogP contribution in [-0.2, 0) is 4.79 Å². The molecule has 0 aromatic heterocycles. The van der Waals surface area contributed by atoms with Crippen molar-refractivity contribution in [2.75, 3.05) is 26.2 Å². The largest absolute Gasteiger partial charge is 0.353 e. The zero-order chi connectivity index (χ0) is 15.4. The monoisotopic (exact) mass is 282 g/mol. The van der Waals surface area contributed by atoms with Crippen molar-refractivity contribution in [3.63, 3.8) is 0 Å². The quantitative estimate of drug-likeness (QED) is 0.376. The normalized spacial score (nSPS) is 11.6. The minimum absolute atomic E-state index is 0. The molecule has 3 heteroatoms. The predicted molar refractivity (Wildman–Crippen MR) is 90.0 cm³/mol. The first-order valence-corrected chi connectivity index (χ1v) is 7.80. The van der Waals surface area contributed by atoms with E-state index in [2.05, 4.69) is 44.0 Å². The second-order valence-electron chi connectivity index (χ2n) is 5.48. The smallest absolute Gasteiger partial charge is 0.243 e. The molecule has 0 spiro atoms. The second kappa shape index (κ2) is 11.7. The van der Waals surface area contributed by atoms with E-state index in [0.29, 0.717) is 0 Å². The van der Waals surface area contributed by atoms with Gasteiger partial charge in [0.15, 0.2) is 0 Å². The van der Waals surface area contributed by atoms with E-state index in [0.717, 1.165) is 51.0 Å². The zero-order valence-corrected chi connectivity index (χ0v) is 14.0. The van der Waals surface area contributed by atoms with Gasteiger partial charge in [-0.1, -0.05) is 31.1 Å². The molecule has 0 rings (SSSR count). The Morgan fingerprint density at radius 1 is 1.20 bits per heavy atom. The summed E-state index contributed by atoms with van der Waals surface area (Å²) in [5, 5.41) is 2.96. The minimum Gasteiger partial charge on any atom is -0.353 e. The first kappa shape index (κ1) is 18.9. The number of hydrogen-bond donors (Lipinski definition) is 1. The van der Waals surface area contributed by atoms with Gasteiger partial charge in [-0.15, -0.1) is 0 Å². The fourth-order valence-electron chi connectivity index (χ4n) is 1.99. The van der Waals surface area contributed by atoms with Crippen molar-refractivity contribution in [3.8, 4) is 0 Å². The predicted octanol–water partition coefficient (Wildman–Crippen LogP) is 3.77. The summed E-state index contributed by atoms with van der Waals surface area (Å²) in [5.74, 6) is 0.0410. The van der Waals surface area contributed by atoms with Crippen molar-refractivity contribution >= 4 is 5.91 Å². The molecule has 0 bridgehead atoms. The molecule has 0 aliphatic rings. The molecule has 0 aliphatic heterocycles. The molecule has 0 saturated carbocycles. The van der Waals surface area contributed by atoms with E-state index in [9.17, 15) is 4.79 Å². The third-order valence-electron chi connectivity index (χ3n) is 3.31. The van der Waals surface area contributed by atoms with Gasteiger partial charge in [0.2, 0.25) is 5.91 Å². The molecule has 0 aromatic rings. The van der Waals surface area contributed by atoms with E-state index >= 15 is 0 Å². The fourth-order valence-corrected chi connectivity index (χ4v) is 1.99. The van der Waals surface area contributed by atoms with E-state index in [-0.39, 0.29) is 7.33 Å². The van der Waals surface area contributed by atoms with Crippen LogP contribution in [0.2, 0.25) is 0 Å². The first-order valence-electron chi connectivity index (χ1n) is 7.80. The molecule has 0 atom stereocenters. The molecule has 1 N–H and O–H groups in total. The Balaban J connectivity index is 0. The number of rotatable bonds is 10. The molecular formula is C17H34N2O. The SMILES string of the molecule is CCN(CC)CCCNC(=O)/C=C(\C)CCC=C(C)C.[HH]. The summed E-state index contributed by atoms with van der Waals surface area (Å²) in [7, 11) is 0. The lowest BCUT2D eigenvalue weighted by Crippen LogP contribution is -2.29. The topological polar surface area (TPSA) is 32.3 Å². The number of amides is 1. The van der Waals surface area contributed by atoms with Crippen LogP contribution in [0.25, 0.3) is 0 Å². The Morgan fingerprint density at radius 3 is 2.40 bits per heavy atom. The van der Waals surface area contributed by atoms with E-state index in [1.54, 1.807) is 6.08 Å². The first-order chi connectivity index (χ1) is 9.49. The molecule has 0 fully saturated rings. The summed E-state index contributed by atoms with van der Waals surface area (Å²) < 4.78 is 0. The Bertz CT molecular complexity index is 330. The highest BCUT2D eigenvalue weighted by Gasteiger charge is 2.00. The van der Waals surface area contributed by atoms with Crippen molar-refractivity contribution in [2.24, 2.45) is 0 Å². The molecule has 0 unspecified atom stereocenters. The standard InChI is InChI=1S/C17H32N2O.H2/c1-6-19(7-2)13-9-12-18-17(20)14-16(5)11-8-10-15(3)4;/h10,14H,6-9,11-13H2,1-5H3,(H,18,20);1H/b16-14+;. The Morgan fingerprint density at radius 2 is 1.85 bits per heavy atom. The molecular weight excluding hydrogens is 248 g/mol. The molecule has 0 aromatic carbocycles. The highest BCUT2D eigenvalue weighted by Crippen LogP contribution is 2.06. The summed E-state index contributed by atoms with van der Waals surface area (Å²) in [4.78, 5) is 14.1. The minimum atomic E-state index is 0. The van der Waals surface area contributed by atoms with Crippen LogP contribution in [0.1, 0.15) is 55.3 Å². The molecule has 3 nitrogen and oxygen atoms in total. The maximum atomic E-state index is 11.7. The lowest BCUT2D eigenvalue weighted by atomic mass is 10.1. The van der Waals surface area contributed by atoms with Crippen molar-refractivity contribution in [1.82, 2.24) is 10.2 Å². The van der Waals surface area contributed by atoms with Gasteiger partial charge in [0.1, 0.15) is 0 Å². The zero-order valence-electron chi connectivity index (χ0n) is 14.0. The molecule has 20 heavy (non-hydrogen) atoms. The molecule has 118 valence electrons. The lowest BCUT2D eigenvalue weighted by molar-refractivity contribution is -0.116. The molecule has 0 radical (unpaired) electrons. The average Bonchev–Trinajstić information content (AvgIpc) is 2.38. The van der Waals surface area contributed by atoms with Crippen LogP contribution in [-0.4, -0.2) is 37.0 Å². The van der Waals surface area contributed by atoms with E-state index < -0.39 is 0 Å². The number of hydrogen-bond acceptors (Lipinski definition) is 2. The highest BCUT2D eigenvalue weighted by atomic mass is 16.1. The number of allylic oxidation sites excluding steroid dienone is 3. The molecule has 0 saturated heterocycles. The van der Waals surface area contributed by atoms with Gasteiger partial charge in [-0.2, -0.15) is 0 Å². The van der Waals surface area contributed by atoms with Crippen molar-refractivity contribution in [2.45, 2.75) is 53.9 Å². The Hall–Kier alpha value is -1.09. The van der Waals surface area contributed by atoms with Crippen LogP contribution in [0.4, 0.5) is 0 Å². The van der Waals surface area contributed by atoms with E-state index in [1.165, 1.54) is 5.57 Å². The summed E-state index contributed by atoms with van der Waals surface area (Å²) in [6.45, 7) is 14.5. The van der Waals surface area contributed by atoms with Crippen LogP contribution in [0, 0.1) is 0 Å². The van der Waals surface area contributed by atoms with E-state index in [4.69, 9.17) is 0 Å². The van der Waals surface area contributed by atoms with Crippen LogP contribution < -0.4 is 5.32 Å². The number of nitrogens with zero attached hydrogens (tertiary/aromatic N) is 1. The fraction of sp³-hybridized carbons (Fsp3) is 0.706. The van der Waals surface area contributed by atoms with Gasteiger partial charge < -0.3 is 10.2 Å². The number of carbonyl (C=O) groups is 1. The van der Waals surface area contributed by atoms with Crippen molar-refractivity contribution < 1.29 is 6.22 Å². The third-order valence-corrected chi connectivity index (χ3v) is 3.31. The van der Waals surface area contributed by atoms with Crippen molar-refractivity contribution in [3.05, 3.63) is 23.3 Å². The van der Waals surface area contributed by atoms with Gasteiger partial charge in [-0.3, -0.25) is 4.79 Å². The average molecular weight is 282 g/mol. The van der Waals surface area contributed by atoms with Crippen LogP contribution in [0.3, 0.4) is 0 Å². The van der Waals surface area contributed by atoms with Crippen molar-refractivity contribution in [1.29, 1.82) is 0 Å². The maximum absolute atomic E-state index is 11.7. The van der Waals surface area contributed by atoms with Crippen LogP contribution >= 0.6 is 0 Å². The molecule has 1 amide bonds. The van der Waals surface area contributed by atoms with Gasteiger partial charge in [-0.25, -0.2) is 0 Å². The third kappa shape index (κ3) is 10.8. The summed E-state index contributed by atoms with van der Waals surface area (Å²) in [5.41, 5.74) is 2.47. The Kier molecular flexibility index (Phi) is 11.1. The molecule has 0 heterocycles. The van der Waals surface area contributed by atoms with E-state index in [1.807, 2.05) is 6.92 Å². The van der Waals surface area contributed by atoms with Gasteiger partial charge in [0.25, 0.3) is 0 Å². The molecule has 0 aliphatic carbocycles. The lowest BCUT2D eigenvalue weighted by Gasteiger charge is -2.17. The summed E-state index contributed by atoms with van der Waals surface area (Å²) >= 11 is 0. The van der Waals surface area contributed by atoms with Crippen LogP contribution in [0.15, 0.2) is 23.3 Å². The summed E-state index contributed by atoms with van der Waals surface area (Å²) in [6, 6.07) is 0. The number of nitrogens with one attached hydrogen (secondary N) is 1. The van der Waals surface area contributed by atoms with Gasteiger partial charge in [0, 0.05) is 14.0 Å². The highest BCUT2D eigenvalue weighted by molar-refractivity contribution is 5.88. The van der Waals surface area contributed by atoms with Gasteiger partial charge in [0.05, 0.1) is 0 Å². The Labute approximate surface area is 126 Å². The maximum Gasteiger partial charge on any atom is 0.243 e. The summed E-state index contributed by atoms with van der Waals surface area (Å²) in [6.07, 6.45) is 6.92. The van der Waals surface area contributed by atoms with Gasteiger partial charge in [-0.05, 0) is 59.7 Å². The number of carbonyl (C=O) groups excluding carboxylic acids is 1. The van der Waals surface area contributed by atoms with Crippen LogP contribution in [0.5, 0.6) is 0 Å². The van der Waals surface area contributed by atoms with Gasteiger partial charge >= 0.3 is 0 Å². The second-order valence-corrected chi connectivity index (χ2v) is 5.48.